The Labute approximate surface area is 221 Å². The van der Waals surface area contributed by atoms with Crippen molar-refractivity contribution in [1.29, 1.82) is 0 Å². The van der Waals surface area contributed by atoms with Crippen molar-refractivity contribution in [1.82, 2.24) is 35.1 Å². The van der Waals surface area contributed by atoms with Gasteiger partial charge in [0.15, 0.2) is 5.82 Å². The zero-order valence-corrected chi connectivity index (χ0v) is 21.0. The molecule has 0 radical (unpaired) electrons. The summed E-state index contributed by atoms with van der Waals surface area (Å²) in [6.45, 7) is 1.46. The van der Waals surface area contributed by atoms with Gasteiger partial charge in [0.1, 0.15) is 12.2 Å². The molecular formula is C26H22ClFN8O2. The van der Waals surface area contributed by atoms with E-state index in [0.29, 0.717) is 35.6 Å². The summed E-state index contributed by atoms with van der Waals surface area (Å²) in [5.41, 5.74) is 3.38. The lowest BCUT2D eigenvalue weighted by Gasteiger charge is -2.33. The van der Waals surface area contributed by atoms with Crippen LogP contribution in [0.4, 0.5) is 10.1 Å². The second kappa shape index (κ2) is 9.49. The highest BCUT2D eigenvalue weighted by Gasteiger charge is 2.42. The molecule has 2 aromatic carbocycles. The van der Waals surface area contributed by atoms with Crippen LogP contribution < -0.4 is 5.32 Å². The van der Waals surface area contributed by atoms with Crippen LogP contribution in [0.2, 0.25) is 5.02 Å². The van der Waals surface area contributed by atoms with E-state index in [1.54, 1.807) is 12.3 Å². The predicted octanol–water partition coefficient (Wildman–Crippen LogP) is 4.32. The summed E-state index contributed by atoms with van der Waals surface area (Å²) in [5, 5.41) is 14.0. The van der Waals surface area contributed by atoms with Gasteiger partial charge in [-0.3, -0.25) is 9.59 Å². The topological polar surface area (TPSA) is 122 Å². The number of anilines is 1. The van der Waals surface area contributed by atoms with Crippen LogP contribution in [0.15, 0.2) is 55.0 Å². The lowest BCUT2D eigenvalue weighted by atomic mass is 9.92. The average molecular weight is 533 g/mol. The highest BCUT2D eigenvalue weighted by Crippen LogP contribution is 2.44. The number of hydrogen-bond acceptors (Lipinski definition) is 6. The van der Waals surface area contributed by atoms with Crippen LogP contribution in [-0.4, -0.2) is 52.9 Å². The van der Waals surface area contributed by atoms with Gasteiger partial charge in [0.25, 0.3) is 0 Å². The van der Waals surface area contributed by atoms with Crippen molar-refractivity contribution < 1.29 is 14.0 Å². The number of imidazole rings is 1. The molecule has 12 heteroatoms. The van der Waals surface area contributed by atoms with Gasteiger partial charge < -0.3 is 15.2 Å². The first-order chi connectivity index (χ1) is 18.4. The Balaban J connectivity index is 1.31. The Morgan fingerprint density at radius 3 is 2.84 bits per heavy atom. The number of benzene rings is 2. The minimum absolute atomic E-state index is 0.0421. The van der Waals surface area contributed by atoms with Crippen molar-refractivity contribution in [2.24, 2.45) is 0 Å². The third-order valence-electron chi connectivity index (χ3n) is 6.94. The monoisotopic (exact) mass is 532 g/mol. The standard InChI is InChI=1S/C26H22ClFN8O2/c1-14(37)31-19-5-3-2-4-17(19)20-12-29-26(32-20)22-8-6-16-10-15(11-23(38)36(16)22)24-21(35-13-30-33-34-35)9-7-18(27)25(24)28/h2-5,7,9,11-13,16,22H,6,8,10H2,1H3,(H,29,32)(H,31,37)/t16-,22-/m0/s1. The van der Waals surface area contributed by atoms with E-state index < -0.39 is 5.82 Å². The fourth-order valence-corrected chi connectivity index (χ4v) is 5.52. The van der Waals surface area contributed by atoms with E-state index in [-0.39, 0.29) is 34.5 Å². The molecule has 2 atom stereocenters. The Kier molecular flexibility index (Phi) is 5.99. The molecule has 0 spiro atoms. The molecule has 2 aromatic heterocycles. The van der Waals surface area contributed by atoms with Crippen LogP contribution in [0.25, 0.3) is 22.5 Å². The number of tetrazole rings is 1. The molecule has 192 valence electrons. The predicted molar refractivity (Wildman–Crippen MR) is 138 cm³/mol. The zero-order valence-electron chi connectivity index (χ0n) is 20.2. The van der Waals surface area contributed by atoms with Crippen molar-refractivity contribution in [2.45, 2.75) is 38.3 Å². The molecule has 0 unspecified atom stereocenters. The third-order valence-corrected chi connectivity index (χ3v) is 7.23. The van der Waals surface area contributed by atoms with E-state index in [1.807, 2.05) is 29.2 Å². The molecule has 0 bridgehead atoms. The van der Waals surface area contributed by atoms with Crippen molar-refractivity contribution in [2.75, 3.05) is 5.32 Å². The average Bonchev–Trinajstić information content (AvgIpc) is 3.66. The van der Waals surface area contributed by atoms with Crippen molar-refractivity contribution in [3.05, 3.63) is 77.2 Å². The highest BCUT2D eigenvalue weighted by atomic mass is 35.5. The Hall–Kier alpha value is -4.38. The van der Waals surface area contributed by atoms with Crippen LogP contribution in [-0.2, 0) is 9.59 Å². The largest absolute Gasteiger partial charge is 0.340 e. The maximum absolute atomic E-state index is 15.3. The molecule has 2 aliphatic rings. The van der Waals surface area contributed by atoms with Gasteiger partial charge in [-0.2, -0.15) is 4.68 Å². The molecule has 1 fully saturated rings. The number of carbonyl (C=O) groups excluding carboxylic acids is 2. The number of hydrogen-bond donors (Lipinski definition) is 2. The number of aromatic amines is 1. The zero-order chi connectivity index (χ0) is 26.4. The quantitative estimate of drug-likeness (QED) is 0.395. The van der Waals surface area contributed by atoms with Gasteiger partial charge in [-0.25, -0.2) is 9.37 Å². The van der Waals surface area contributed by atoms with Gasteiger partial charge in [-0.1, -0.05) is 29.8 Å². The van der Waals surface area contributed by atoms with Crippen LogP contribution in [0.3, 0.4) is 0 Å². The number of nitrogens with zero attached hydrogens (tertiary/aromatic N) is 6. The van der Waals surface area contributed by atoms with Gasteiger partial charge in [0.2, 0.25) is 11.8 Å². The van der Waals surface area contributed by atoms with E-state index in [9.17, 15) is 9.59 Å². The normalized spacial score (nSPS) is 18.9. The van der Waals surface area contributed by atoms with Gasteiger partial charge in [-0.15, -0.1) is 5.10 Å². The Bertz CT molecular complexity index is 1580. The van der Waals surface area contributed by atoms with E-state index in [2.05, 4.69) is 30.8 Å². The Morgan fingerprint density at radius 1 is 1.21 bits per heavy atom. The summed E-state index contributed by atoms with van der Waals surface area (Å²) >= 11 is 6.11. The summed E-state index contributed by atoms with van der Waals surface area (Å²) < 4.78 is 16.7. The molecule has 4 aromatic rings. The second-order valence-electron chi connectivity index (χ2n) is 9.28. The molecule has 0 saturated carbocycles. The van der Waals surface area contributed by atoms with Crippen molar-refractivity contribution in [3.63, 3.8) is 0 Å². The van der Waals surface area contributed by atoms with Crippen molar-refractivity contribution in [3.8, 4) is 16.9 Å². The van der Waals surface area contributed by atoms with Gasteiger partial charge in [-0.05, 0) is 53.5 Å². The Morgan fingerprint density at radius 2 is 2.05 bits per heavy atom. The van der Waals surface area contributed by atoms with Crippen LogP contribution in [0.1, 0.15) is 43.6 Å². The summed E-state index contributed by atoms with van der Waals surface area (Å²) in [6, 6.07) is 10.1. The first-order valence-electron chi connectivity index (χ1n) is 12.1. The fourth-order valence-electron chi connectivity index (χ4n) is 5.36. The van der Waals surface area contributed by atoms with Crippen molar-refractivity contribution >= 4 is 34.7 Å². The SMILES string of the molecule is CC(=O)Nc1ccccc1-c1cnc([C@@H]2CC[C@H]3CC(c4c(-n5cnnn5)ccc(Cl)c4F)=CC(=O)N32)[nH]1. The molecular weight excluding hydrogens is 511 g/mol. The fraction of sp³-hybridized carbons (Fsp3) is 0.231. The molecule has 10 nitrogen and oxygen atoms in total. The van der Waals surface area contributed by atoms with Crippen LogP contribution in [0.5, 0.6) is 0 Å². The van der Waals surface area contributed by atoms with Gasteiger partial charge >= 0.3 is 0 Å². The second-order valence-corrected chi connectivity index (χ2v) is 9.69. The molecule has 1 saturated heterocycles. The first-order valence-corrected chi connectivity index (χ1v) is 12.4. The molecule has 6 rings (SSSR count). The minimum atomic E-state index is -0.616. The lowest BCUT2D eigenvalue weighted by Crippen LogP contribution is -2.39. The number of aromatic nitrogens is 6. The molecule has 2 N–H and O–H groups in total. The number of fused-ring (bicyclic) bond motifs is 1. The highest BCUT2D eigenvalue weighted by molar-refractivity contribution is 6.31. The molecule has 38 heavy (non-hydrogen) atoms. The van der Waals surface area contributed by atoms with E-state index in [0.717, 1.165) is 17.7 Å². The summed E-state index contributed by atoms with van der Waals surface area (Å²) in [7, 11) is 0. The van der Waals surface area contributed by atoms with Gasteiger partial charge in [0.05, 0.1) is 34.3 Å². The number of amides is 2. The summed E-state index contributed by atoms with van der Waals surface area (Å²) in [5.74, 6) is -0.349. The number of rotatable bonds is 5. The van der Waals surface area contributed by atoms with Crippen LogP contribution >= 0.6 is 11.6 Å². The maximum Gasteiger partial charge on any atom is 0.247 e. The number of halogens is 2. The lowest BCUT2D eigenvalue weighted by molar-refractivity contribution is -0.129. The molecule has 4 heterocycles. The first kappa shape index (κ1) is 24.0. The van der Waals surface area contributed by atoms with E-state index in [1.165, 1.54) is 30.1 Å². The number of carbonyl (C=O) groups is 2. The van der Waals surface area contributed by atoms with Crippen LogP contribution in [0, 0.1) is 5.82 Å². The number of H-pyrrole nitrogens is 1. The number of para-hydroxylation sites is 1. The minimum Gasteiger partial charge on any atom is -0.340 e. The molecule has 0 aliphatic carbocycles. The molecule has 2 amide bonds. The maximum atomic E-state index is 15.3. The van der Waals surface area contributed by atoms with Gasteiger partial charge in [0, 0.05) is 30.2 Å². The summed E-state index contributed by atoms with van der Waals surface area (Å²) in [4.78, 5) is 34.8. The summed E-state index contributed by atoms with van der Waals surface area (Å²) in [6.07, 6.45) is 6.43. The molecule has 2 aliphatic heterocycles. The third kappa shape index (κ3) is 4.14. The van der Waals surface area contributed by atoms with E-state index >= 15 is 4.39 Å². The smallest absolute Gasteiger partial charge is 0.247 e. The number of nitrogens with one attached hydrogen (secondary N) is 2. The van der Waals surface area contributed by atoms with E-state index in [4.69, 9.17) is 11.6 Å².